The zero-order valence-electron chi connectivity index (χ0n) is 19.3. The van der Waals surface area contributed by atoms with E-state index in [2.05, 4.69) is 15.6 Å². The second-order valence-corrected chi connectivity index (χ2v) is 11.3. The van der Waals surface area contributed by atoms with Crippen molar-refractivity contribution in [2.75, 3.05) is 38.3 Å². The molecule has 1 amide bonds. The number of carbonyl (C=O) groups is 1. The zero-order chi connectivity index (χ0) is 22.4. The maximum Gasteiger partial charge on any atom is 0.410 e. The van der Waals surface area contributed by atoms with E-state index in [9.17, 15) is 13.2 Å². The Balaban J connectivity index is 0.00000480. The van der Waals surface area contributed by atoms with Crippen LogP contribution in [-0.4, -0.2) is 87.4 Å². The average Bonchev–Trinajstić information content (AvgIpc) is 2.87. The van der Waals surface area contributed by atoms with Crippen LogP contribution in [0.25, 0.3) is 0 Å². The lowest BCUT2D eigenvalue weighted by atomic mass is 9.98. The Morgan fingerprint density at radius 3 is 2.29 bits per heavy atom. The number of halogens is 1. The van der Waals surface area contributed by atoms with Crippen LogP contribution in [0.2, 0.25) is 0 Å². The number of carbonyl (C=O) groups excluding carboxylic acids is 1. The Hall–Kier alpha value is -0.820. The van der Waals surface area contributed by atoms with Crippen LogP contribution in [0.4, 0.5) is 4.79 Å². The number of amides is 1. The molecular formula is C20H39IN4O5S. The van der Waals surface area contributed by atoms with Crippen LogP contribution in [0.15, 0.2) is 4.99 Å². The number of piperidine rings is 1. The van der Waals surface area contributed by atoms with Crippen molar-refractivity contribution in [3.05, 3.63) is 0 Å². The molecule has 0 saturated carbocycles. The first kappa shape index (κ1) is 28.2. The third-order valence-corrected chi connectivity index (χ3v) is 6.03. The minimum atomic E-state index is -3.00. The molecule has 0 aromatic heterocycles. The summed E-state index contributed by atoms with van der Waals surface area (Å²) in [5.74, 6) is 0.743. The van der Waals surface area contributed by atoms with Crippen LogP contribution in [0.3, 0.4) is 0 Å². The molecule has 0 aromatic rings. The van der Waals surface area contributed by atoms with Gasteiger partial charge in [0.25, 0.3) is 0 Å². The van der Waals surface area contributed by atoms with E-state index in [1.165, 1.54) is 6.26 Å². The number of rotatable bonds is 8. The average molecular weight is 575 g/mol. The number of hydrogen-bond acceptors (Lipinski definition) is 6. The van der Waals surface area contributed by atoms with Gasteiger partial charge in [-0.3, -0.25) is 4.99 Å². The van der Waals surface area contributed by atoms with E-state index >= 15 is 0 Å². The summed E-state index contributed by atoms with van der Waals surface area (Å²) in [4.78, 5) is 19.1. The van der Waals surface area contributed by atoms with E-state index in [0.29, 0.717) is 13.2 Å². The molecule has 182 valence electrons. The molecule has 2 rings (SSSR count). The molecule has 2 aliphatic heterocycles. The van der Waals surface area contributed by atoms with Crippen molar-refractivity contribution >= 4 is 45.9 Å². The summed E-state index contributed by atoms with van der Waals surface area (Å²) in [6.07, 6.45) is 4.73. The summed E-state index contributed by atoms with van der Waals surface area (Å²) in [6.45, 7) is 9.43. The molecule has 0 radical (unpaired) electrons. The van der Waals surface area contributed by atoms with Crippen molar-refractivity contribution in [1.29, 1.82) is 0 Å². The SMILES string of the molecule is CCNC(=NCCOCCS(C)(=O)=O)NC1CC2CCC(C1)N2C(=O)OC(C)(C)C.I. The number of hydrogen-bond donors (Lipinski definition) is 2. The second-order valence-electron chi connectivity index (χ2n) is 9.09. The van der Waals surface area contributed by atoms with Crippen molar-refractivity contribution in [3.63, 3.8) is 0 Å². The largest absolute Gasteiger partial charge is 0.444 e. The Morgan fingerprint density at radius 1 is 1.16 bits per heavy atom. The first-order valence-corrected chi connectivity index (χ1v) is 12.9. The zero-order valence-corrected chi connectivity index (χ0v) is 22.5. The normalized spacial score (nSPS) is 23.8. The van der Waals surface area contributed by atoms with Gasteiger partial charge in [0, 0.05) is 30.9 Å². The Kier molecular flexibility index (Phi) is 11.3. The van der Waals surface area contributed by atoms with Crippen molar-refractivity contribution in [2.24, 2.45) is 4.99 Å². The highest BCUT2D eigenvalue weighted by molar-refractivity contribution is 14.0. The fraction of sp³-hybridized carbons (Fsp3) is 0.900. The van der Waals surface area contributed by atoms with Crippen LogP contribution in [0, 0.1) is 0 Å². The summed E-state index contributed by atoms with van der Waals surface area (Å²) in [5, 5.41) is 6.73. The monoisotopic (exact) mass is 574 g/mol. The van der Waals surface area contributed by atoms with Gasteiger partial charge in [-0.05, 0) is 53.4 Å². The number of sulfone groups is 1. The van der Waals surface area contributed by atoms with Gasteiger partial charge >= 0.3 is 6.09 Å². The number of aliphatic imine (C=N–C) groups is 1. The Morgan fingerprint density at radius 2 is 1.77 bits per heavy atom. The highest BCUT2D eigenvalue weighted by Gasteiger charge is 2.45. The summed E-state index contributed by atoms with van der Waals surface area (Å²) < 4.78 is 33.2. The first-order valence-electron chi connectivity index (χ1n) is 10.8. The number of nitrogens with zero attached hydrogens (tertiary/aromatic N) is 2. The van der Waals surface area contributed by atoms with Gasteiger partial charge in [-0.2, -0.15) is 0 Å². The highest BCUT2D eigenvalue weighted by atomic mass is 127. The van der Waals surface area contributed by atoms with Gasteiger partial charge in [-0.15, -0.1) is 24.0 Å². The van der Waals surface area contributed by atoms with Crippen LogP contribution in [0.5, 0.6) is 0 Å². The lowest BCUT2D eigenvalue weighted by Gasteiger charge is -2.40. The van der Waals surface area contributed by atoms with E-state index in [1.54, 1.807) is 0 Å². The number of fused-ring (bicyclic) bond motifs is 2. The van der Waals surface area contributed by atoms with Gasteiger partial charge in [0.15, 0.2) is 5.96 Å². The molecule has 11 heteroatoms. The molecule has 0 spiro atoms. The minimum Gasteiger partial charge on any atom is -0.444 e. The fourth-order valence-corrected chi connectivity index (χ4v) is 4.38. The predicted molar refractivity (Wildman–Crippen MR) is 133 cm³/mol. The quantitative estimate of drug-likeness (QED) is 0.198. The van der Waals surface area contributed by atoms with Gasteiger partial charge in [0.1, 0.15) is 15.4 Å². The molecule has 2 heterocycles. The van der Waals surface area contributed by atoms with Gasteiger partial charge in [0.2, 0.25) is 0 Å². The van der Waals surface area contributed by atoms with Crippen LogP contribution < -0.4 is 10.6 Å². The number of nitrogens with one attached hydrogen (secondary N) is 2. The summed E-state index contributed by atoms with van der Waals surface area (Å²) in [5.41, 5.74) is -0.486. The summed E-state index contributed by atoms with van der Waals surface area (Å²) in [6, 6.07) is 0.627. The van der Waals surface area contributed by atoms with E-state index < -0.39 is 15.4 Å². The van der Waals surface area contributed by atoms with Crippen molar-refractivity contribution in [3.8, 4) is 0 Å². The van der Waals surface area contributed by atoms with Crippen LogP contribution >= 0.6 is 24.0 Å². The summed E-state index contributed by atoms with van der Waals surface area (Å²) in [7, 11) is -3.00. The lowest BCUT2D eigenvalue weighted by Crippen LogP contribution is -2.55. The van der Waals surface area contributed by atoms with Gasteiger partial charge < -0.3 is 25.0 Å². The first-order chi connectivity index (χ1) is 14.0. The van der Waals surface area contributed by atoms with E-state index in [0.717, 1.165) is 38.2 Å². The van der Waals surface area contributed by atoms with Gasteiger partial charge in [0.05, 0.1) is 25.5 Å². The lowest BCUT2D eigenvalue weighted by molar-refractivity contribution is 0.00544. The van der Waals surface area contributed by atoms with Crippen LogP contribution in [-0.2, 0) is 19.3 Å². The van der Waals surface area contributed by atoms with E-state index in [1.807, 2.05) is 32.6 Å². The fourth-order valence-electron chi connectivity index (χ4n) is 3.96. The molecule has 2 N–H and O–H groups in total. The molecule has 31 heavy (non-hydrogen) atoms. The Labute approximate surface area is 204 Å². The van der Waals surface area contributed by atoms with Crippen LogP contribution in [0.1, 0.15) is 53.4 Å². The molecule has 2 bridgehead atoms. The molecular weight excluding hydrogens is 535 g/mol. The standard InChI is InChI=1S/C20H38N4O5S.HI/c1-6-21-18(22-9-10-28-11-12-30(5,26)27)23-15-13-16-7-8-17(14-15)24(16)19(25)29-20(2,3)4;/h15-17H,6-14H2,1-5H3,(H2,21,22,23);1H. The molecule has 2 aliphatic rings. The van der Waals surface area contributed by atoms with Crippen molar-refractivity contribution < 1.29 is 22.7 Å². The maximum atomic E-state index is 12.6. The van der Waals surface area contributed by atoms with E-state index in [-0.39, 0.29) is 60.6 Å². The van der Waals surface area contributed by atoms with Gasteiger partial charge in [-0.25, -0.2) is 13.2 Å². The smallest absolute Gasteiger partial charge is 0.410 e. The summed E-state index contributed by atoms with van der Waals surface area (Å²) >= 11 is 0. The minimum absolute atomic E-state index is 0. The molecule has 2 unspecified atom stereocenters. The number of ether oxygens (including phenoxy) is 2. The van der Waals surface area contributed by atoms with Crippen molar-refractivity contribution in [2.45, 2.75) is 77.1 Å². The van der Waals surface area contributed by atoms with E-state index in [4.69, 9.17) is 9.47 Å². The second kappa shape index (κ2) is 12.4. The molecule has 9 nitrogen and oxygen atoms in total. The van der Waals surface area contributed by atoms with Crippen molar-refractivity contribution in [1.82, 2.24) is 15.5 Å². The molecule has 0 aliphatic carbocycles. The molecule has 2 fully saturated rings. The number of guanidine groups is 1. The predicted octanol–water partition coefficient (Wildman–Crippen LogP) is 2.15. The highest BCUT2D eigenvalue weighted by Crippen LogP contribution is 2.36. The third kappa shape index (κ3) is 10.1. The third-order valence-electron chi connectivity index (χ3n) is 5.13. The van der Waals surface area contributed by atoms with Gasteiger partial charge in [-0.1, -0.05) is 0 Å². The molecule has 2 atom stereocenters. The topological polar surface area (TPSA) is 109 Å². The molecule has 2 saturated heterocycles. The molecule has 0 aromatic carbocycles. The maximum absolute atomic E-state index is 12.6. The Bertz CT molecular complexity index is 697.